The quantitative estimate of drug-likeness (QED) is 0.0450. The molecule has 0 fully saturated rings. The number of hydrogen-bond donors (Lipinski definition) is 0. The topological polar surface area (TPSA) is 0 Å². The first-order valence-electron chi connectivity index (χ1n) is 29.3. The first-order valence-corrected chi connectivity index (χ1v) is 43.9. The van der Waals surface area contributed by atoms with Gasteiger partial charge in [0.2, 0.25) is 0 Å². The molecule has 0 amide bonds. The van der Waals surface area contributed by atoms with Crippen LogP contribution in [0.4, 0.5) is 0 Å². The maximum atomic E-state index is 2.37. The summed E-state index contributed by atoms with van der Waals surface area (Å²) in [5.74, 6) is 0. The molecule has 0 N–H and O–H groups in total. The summed E-state index contributed by atoms with van der Waals surface area (Å²) in [5, 5.41) is 18.0. The van der Waals surface area contributed by atoms with Crippen molar-refractivity contribution in [3.05, 3.63) is 33.4 Å². The Kier molecular flexibility index (Phi) is 53.9. The molecule has 0 heterocycles. The molecule has 0 bridgehead atoms. The molecule has 0 aliphatic rings. The van der Waals surface area contributed by atoms with Gasteiger partial charge in [0.15, 0.2) is 0 Å². The van der Waals surface area contributed by atoms with Crippen molar-refractivity contribution >= 4 is 89.7 Å². The van der Waals surface area contributed by atoms with Gasteiger partial charge in [-0.3, -0.25) is 0 Å². The van der Waals surface area contributed by atoms with E-state index in [2.05, 4.69) is 41.5 Å². The summed E-state index contributed by atoms with van der Waals surface area (Å²) in [6.07, 6.45) is 52.5. The molecule has 0 saturated carbocycles. The Morgan fingerprint density at radius 2 is 0.288 bits per heavy atom. The van der Waals surface area contributed by atoms with Crippen molar-refractivity contribution in [2.45, 2.75) is 337 Å². The molecule has 0 atom stereocenters. The molecule has 1 rings (SSSR count). The van der Waals surface area contributed by atoms with Gasteiger partial charge in [-0.15, -0.1) is 0 Å². The second-order valence-electron chi connectivity index (χ2n) is 19.8. The van der Waals surface area contributed by atoms with E-state index in [0.29, 0.717) is 0 Å². The molecule has 0 spiro atoms. The molecule has 1 aromatic carbocycles. The zero-order valence-electron chi connectivity index (χ0n) is 45.4. The normalized spacial score (nSPS) is 11.7. The van der Waals surface area contributed by atoms with E-state index < -0.39 is 0 Å². The van der Waals surface area contributed by atoms with Gasteiger partial charge < -0.3 is 0 Å². The van der Waals surface area contributed by atoms with Gasteiger partial charge in [-0.05, 0) is 0 Å². The second kappa shape index (κ2) is 53.6. The van der Waals surface area contributed by atoms with Crippen LogP contribution in [0.25, 0.3) is 0 Å². The molecule has 66 heavy (non-hydrogen) atoms. The monoisotopic (exact) mass is 1310 g/mol. The van der Waals surface area contributed by atoms with E-state index in [1.165, 1.54) is 295 Å². The van der Waals surface area contributed by atoms with Crippen LogP contribution in [0.2, 0.25) is 31.9 Å². The van der Waals surface area contributed by atoms with E-state index in [0.717, 1.165) is 89.7 Å². The van der Waals surface area contributed by atoms with Crippen molar-refractivity contribution in [1.82, 2.24) is 0 Å². The number of benzene rings is 1. The molecular formula is C60H114Se6. The fourth-order valence-corrected chi connectivity index (χ4v) is 23.0. The Morgan fingerprint density at radius 1 is 0.167 bits per heavy atom. The molecule has 0 aromatic heterocycles. The van der Waals surface area contributed by atoms with Crippen LogP contribution in [0.1, 0.15) is 306 Å². The average Bonchev–Trinajstić information content (AvgIpc) is 3.32. The molecule has 0 saturated heterocycles. The molecule has 0 radical (unpaired) electrons. The van der Waals surface area contributed by atoms with E-state index in [1.807, 2.05) is 33.4 Å². The summed E-state index contributed by atoms with van der Waals surface area (Å²) < 4.78 is 0. The van der Waals surface area contributed by atoms with Crippen LogP contribution in [0.15, 0.2) is 0 Å². The van der Waals surface area contributed by atoms with Gasteiger partial charge in [-0.2, -0.15) is 0 Å². The SMILES string of the molecule is CCCCCCCC[Se]Cc1c(C[Se]CCCCCCCC)c(C[Se]CCCCCCCC)c(C[Se]CCCCCCCC)c(C[Se]CCCCCCCC)c1C[Se]CCCCCCCC. The Balaban J connectivity index is 3.72. The van der Waals surface area contributed by atoms with Crippen molar-refractivity contribution < 1.29 is 0 Å². The van der Waals surface area contributed by atoms with Crippen molar-refractivity contribution in [2.75, 3.05) is 0 Å². The summed E-state index contributed by atoms with van der Waals surface area (Å²) in [6, 6.07) is 0. The number of unbranched alkanes of at least 4 members (excludes halogenated alkanes) is 30. The van der Waals surface area contributed by atoms with Crippen molar-refractivity contribution in [1.29, 1.82) is 0 Å². The Hall–Kier alpha value is 2.34. The van der Waals surface area contributed by atoms with Crippen molar-refractivity contribution in [2.24, 2.45) is 0 Å². The van der Waals surface area contributed by atoms with Gasteiger partial charge in [0, 0.05) is 0 Å². The molecule has 0 nitrogen and oxygen atoms in total. The van der Waals surface area contributed by atoms with Gasteiger partial charge in [0.25, 0.3) is 0 Å². The van der Waals surface area contributed by atoms with Crippen LogP contribution in [0.3, 0.4) is 0 Å². The average molecular weight is 1310 g/mol. The number of hydrogen-bond acceptors (Lipinski definition) is 0. The molecule has 0 aliphatic carbocycles. The Morgan fingerprint density at radius 3 is 0.424 bits per heavy atom. The van der Waals surface area contributed by atoms with E-state index in [1.54, 1.807) is 0 Å². The van der Waals surface area contributed by atoms with E-state index in [-0.39, 0.29) is 0 Å². The van der Waals surface area contributed by atoms with Crippen molar-refractivity contribution in [3.63, 3.8) is 0 Å². The molecular weight excluding hydrogens is 1190 g/mol. The summed E-state index contributed by atoms with van der Waals surface area (Å²) in [5.41, 5.74) is 12.2. The summed E-state index contributed by atoms with van der Waals surface area (Å²) in [4.78, 5) is 0. The van der Waals surface area contributed by atoms with Crippen LogP contribution >= 0.6 is 0 Å². The van der Waals surface area contributed by atoms with E-state index >= 15 is 0 Å². The first-order chi connectivity index (χ1) is 32.7. The molecule has 390 valence electrons. The summed E-state index contributed by atoms with van der Waals surface area (Å²) in [7, 11) is 0. The zero-order chi connectivity index (χ0) is 47.6. The molecule has 0 unspecified atom stereocenters. The fourth-order valence-electron chi connectivity index (χ4n) is 9.09. The zero-order valence-corrected chi connectivity index (χ0v) is 55.7. The van der Waals surface area contributed by atoms with Gasteiger partial charge >= 0.3 is 460 Å². The second-order valence-corrected chi connectivity index (χ2v) is 33.7. The minimum absolute atomic E-state index is 0.762. The predicted octanol–water partition coefficient (Wildman–Crippen LogP) is 19.6. The van der Waals surface area contributed by atoms with Gasteiger partial charge in [-0.1, -0.05) is 0 Å². The molecule has 6 heteroatoms. The van der Waals surface area contributed by atoms with Crippen LogP contribution in [-0.4, -0.2) is 89.7 Å². The van der Waals surface area contributed by atoms with Crippen LogP contribution in [0.5, 0.6) is 0 Å². The standard InChI is InChI=1S/C60H114Se6/c1-7-13-19-25-31-37-43-61-49-55-56(50-62-44-38-32-26-20-14-8-2)58(52-64-46-40-34-28-22-16-10-4)60(54-66-48-42-36-30-24-18-12-6)59(53-65-47-41-35-29-23-17-11-5)57(55)51-63-45-39-33-27-21-15-9-3/h7-54H2,1-6H3. The summed E-state index contributed by atoms with van der Waals surface area (Å²) in [6.45, 7) is 14.2. The van der Waals surface area contributed by atoms with Crippen LogP contribution < -0.4 is 0 Å². The molecule has 0 aliphatic heterocycles. The van der Waals surface area contributed by atoms with Gasteiger partial charge in [0.1, 0.15) is 0 Å². The summed E-state index contributed by atoms with van der Waals surface area (Å²) >= 11 is 4.57. The Labute approximate surface area is 455 Å². The van der Waals surface area contributed by atoms with Crippen LogP contribution in [-0.2, 0) is 31.9 Å². The molecule has 1 aromatic rings. The number of rotatable bonds is 54. The maximum absolute atomic E-state index is 2.37. The third-order valence-corrected chi connectivity index (χ3v) is 27.0. The van der Waals surface area contributed by atoms with Crippen molar-refractivity contribution in [3.8, 4) is 0 Å². The first kappa shape index (κ1) is 66.4. The van der Waals surface area contributed by atoms with Crippen LogP contribution in [0, 0.1) is 0 Å². The third-order valence-electron chi connectivity index (χ3n) is 13.5. The van der Waals surface area contributed by atoms with Gasteiger partial charge in [-0.25, -0.2) is 0 Å². The predicted molar refractivity (Wildman–Crippen MR) is 312 cm³/mol. The van der Waals surface area contributed by atoms with E-state index in [4.69, 9.17) is 0 Å². The minimum atomic E-state index is 0.762. The van der Waals surface area contributed by atoms with E-state index in [9.17, 15) is 0 Å². The van der Waals surface area contributed by atoms with Gasteiger partial charge in [0.05, 0.1) is 0 Å². The Bertz CT molecular complexity index is 894. The fraction of sp³-hybridized carbons (Fsp3) is 0.900. The third kappa shape index (κ3) is 38.0.